The van der Waals surface area contributed by atoms with E-state index in [1.54, 1.807) is 0 Å². The Labute approximate surface area is 83.6 Å². The van der Waals surface area contributed by atoms with Crippen molar-refractivity contribution in [3.05, 3.63) is 18.0 Å². The topological polar surface area (TPSA) is 42.3 Å². The lowest BCUT2D eigenvalue weighted by molar-refractivity contribution is 0.0106. The second-order valence-electron chi connectivity index (χ2n) is 3.46. The molecule has 5 nitrogen and oxygen atoms in total. The molecule has 0 amide bonds. The van der Waals surface area contributed by atoms with E-state index < -0.39 is 0 Å². The minimum atomic E-state index is 0.819. The molecule has 0 aliphatic carbocycles. The molecule has 5 heteroatoms. The molecule has 78 valence electrons. The molecule has 1 fully saturated rings. The average molecular weight is 196 g/mol. The van der Waals surface area contributed by atoms with Crippen molar-refractivity contribution < 1.29 is 4.74 Å². The highest BCUT2D eigenvalue weighted by atomic mass is 16.5. The maximum atomic E-state index is 5.26. The van der Waals surface area contributed by atoms with Crippen LogP contribution in [0, 0.1) is 0 Å². The van der Waals surface area contributed by atoms with Crippen molar-refractivity contribution >= 4 is 0 Å². The zero-order chi connectivity index (χ0) is 9.80. The Balaban J connectivity index is 1.76. The lowest BCUT2D eigenvalue weighted by atomic mass is 10.4. The molecule has 1 aliphatic rings. The van der Waals surface area contributed by atoms with Crippen LogP contribution in [0.1, 0.15) is 5.56 Å². The van der Waals surface area contributed by atoms with Crippen LogP contribution in [0.15, 0.2) is 12.4 Å². The number of nitrogens with zero attached hydrogens (tertiary/aromatic N) is 3. The first kappa shape index (κ1) is 9.64. The summed E-state index contributed by atoms with van der Waals surface area (Å²) in [5, 5.41) is 6.30. The number of aryl methyl sites for hydroxylation is 1. The van der Waals surface area contributed by atoms with Gasteiger partial charge < -0.3 is 4.74 Å². The van der Waals surface area contributed by atoms with E-state index in [-0.39, 0.29) is 0 Å². The van der Waals surface area contributed by atoms with Crippen LogP contribution in [0.5, 0.6) is 0 Å². The fourth-order valence-electron chi connectivity index (χ4n) is 1.49. The van der Waals surface area contributed by atoms with Crippen molar-refractivity contribution in [1.82, 2.24) is 20.2 Å². The Morgan fingerprint density at radius 3 is 2.93 bits per heavy atom. The summed E-state index contributed by atoms with van der Waals surface area (Å²) in [6, 6.07) is 0. The third-order valence-corrected chi connectivity index (χ3v) is 2.28. The quantitative estimate of drug-likeness (QED) is 0.724. The molecule has 0 radical (unpaired) electrons. The summed E-state index contributed by atoms with van der Waals surface area (Å²) < 4.78 is 7.07. The van der Waals surface area contributed by atoms with Crippen molar-refractivity contribution in [2.75, 3.05) is 26.3 Å². The lowest BCUT2D eigenvalue weighted by Crippen LogP contribution is -2.45. The highest BCUT2D eigenvalue weighted by molar-refractivity contribution is 5.02. The fourth-order valence-corrected chi connectivity index (χ4v) is 1.49. The smallest absolute Gasteiger partial charge is 0.0608 e. The van der Waals surface area contributed by atoms with Crippen molar-refractivity contribution in [2.24, 2.45) is 7.05 Å². The Morgan fingerprint density at radius 1 is 1.50 bits per heavy atom. The summed E-state index contributed by atoms with van der Waals surface area (Å²) in [7, 11) is 1.93. The third kappa shape index (κ3) is 2.54. The molecular formula is C9H16N4O. The van der Waals surface area contributed by atoms with Gasteiger partial charge in [-0.25, -0.2) is 5.01 Å². The van der Waals surface area contributed by atoms with Gasteiger partial charge in [0.25, 0.3) is 0 Å². The van der Waals surface area contributed by atoms with Crippen molar-refractivity contribution in [3.8, 4) is 0 Å². The molecule has 0 saturated carbocycles. The molecule has 14 heavy (non-hydrogen) atoms. The van der Waals surface area contributed by atoms with Crippen molar-refractivity contribution in [2.45, 2.75) is 6.54 Å². The van der Waals surface area contributed by atoms with Crippen molar-refractivity contribution in [3.63, 3.8) is 0 Å². The number of hydrogen-bond donors (Lipinski definition) is 1. The summed E-state index contributed by atoms with van der Waals surface area (Å²) in [6.07, 6.45) is 3.90. The van der Waals surface area contributed by atoms with Crippen LogP contribution in [0.3, 0.4) is 0 Å². The first-order valence-electron chi connectivity index (χ1n) is 4.88. The standard InChI is InChI=1S/C9H16N4O/c1-12-8-9(6-10-12)7-11-13-2-4-14-5-3-13/h6,8,11H,2-5,7H2,1H3. The Hall–Kier alpha value is -0.910. The number of hydrogen-bond acceptors (Lipinski definition) is 4. The predicted octanol–water partition coefficient (Wildman–Crippen LogP) is -0.243. The van der Waals surface area contributed by atoms with E-state index in [9.17, 15) is 0 Å². The van der Waals surface area contributed by atoms with Crippen LogP contribution in [0.2, 0.25) is 0 Å². The van der Waals surface area contributed by atoms with Gasteiger partial charge in [-0.15, -0.1) is 0 Å². The Bertz CT molecular complexity index is 280. The van der Waals surface area contributed by atoms with Crippen LogP contribution in [0.4, 0.5) is 0 Å². The minimum Gasteiger partial charge on any atom is -0.379 e. The third-order valence-electron chi connectivity index (χ3n) is 2.28. The summed E-state index contributed by atoms with van der Waals surface area (Å²) in [5.41, 5.74) is 4.56. The number of rotatable bonds is 3. The molecule has 1 aliphatic heterocycles. The van der Waals surface area contributed by atoms with E-state index >= 15 is 0 Å². The van der Waals surface area contributed by atoms with E-state index in [0.717, 1.165) is 32.8 Å². The number of nitrogens with one attached hydrogen (secondary N) is 1. The van der Waals surface area contributed by atoms with Crippen LogP contribution in [-0.2, 0) is 18.3 Å². The molecule has 0 spiro atoms. The molecular weight excluding hydrogens is 180 g/mol. The van der Waals surface area contributed by atoms with Gasteiger partial charge in [0.2, 0.25) is 0 Å². The molecule has 0 aromatic carbocycles. The number of ether oxygens (including phenoxy) is 1. The molecule has 1 N–H and O–H groups in total. The summed E-state index contributed by atoms with van der Waals surface area (Å²) in [4.78, 5) is 0. The summed E-state index contributed by atoms with van der Waals surface area (Å²) >= 11 is 0. The Morgan fingerprint density at radius 2 is 2.29 bits per heavy atom. The first-order chi connectivity index (χ1) is 6.84. The van der Waals surface area contributed by atoms with E-state index in [2.05, 4.69) is 15.5 Å². The van der Waals surface area contributed by atoms with Gasteiger partial charge in [-0.3, -0.25) is 10.1 Å². The van der Waals surface area contributed by atoms with Crippen LogP contribution >= 0.6 is 0 Å². The zero-order valence-electron chi connectivity index (χ0n) is 8.44. The second-order valence-corrected chi connectivity index (χ2v) is 3.46. The van der Waals surface area contributed by atoms with Gasteiger partial charge in [0.15, 0.2) is 0 Å². The van der Waals surface area contributed by atoms with Gasteiger partial charge in [0.1, 0.15) is 0 Å². The molecule has 0 bridgehead atoms. The zero-order valence-corrected chi connectivity index (χ0v) is 8.44. The monoisotopic (exact) mass is 196 g/mol. The van der Waals surface area contributed by atoms with Gasteiger partial charge in [-0.1, -0.05) is 0 Å². The maximum absolute atomic E-state index is 5.26. The molecule has 2 heterocycles. The Kier molecular flexibility index (Phi) is 3.13. The largest absolute Gasteiger partial charge is 0.379 e. The number of morpholine rings is 1. The normalized spacial score (nSPS) is 18.6. The van der Waals surface area contributed by atoms with Gasteiger partial charge in [0, 0.05) is 38.4 Å². The fraction of sp³-hybridized carbons (Fsp3) is 0.667. The average Bonchev–Trinajstić information content (AvgIpc) is 2.63. The lowest BCUT2D eigenvalue weighted by Gasteiger charge is -2.26. The van der Waals surface area contributed by atoms with Gasteiger partial charge in [-0.05, 0) is 0 Å². The molecule has 1 saturated heterocycles. The second kappa shape index (κ2) is 4.54. The molecule has 1 aromatic rings. The minimum absolute atomic E-state index is 0.819. The van der Waals surface area contributed by atoms with Crippen LogP contribution in [0.25, 0.3) is 0 Å². The summed E-state index contributed by atoms with van der Waals surface area (Å²) in [5.74, 6) is 0. The highest BCUT2D eigenvalue weighted by Crippen LogP contribution is 1.98. The van der Waals surface area contributed by atoms with Gasteiger partial charge >= 0.3 is 0 Å². The number of hydrazine groups is 1. The van der Waals surface area contributed by atoms with E-state index in [4.69, 9.17) is 4.74 Å². The molecule has 1 aromatic heterocycles. The highest BCUT2D eigenvalue weighted by Gasteiger charge is 2.09. The summed E-state index contributed by atoms with van der Waals surface area (Å²) in [6.45, 7) is 4.40. The maximum Gasteiger partial charge on any atom is 0.0608 e. The van der Waals surface area contributed by atoms with Gasteiger partial charge in [0.05, 0.1) is 19.4 Å². The van der Waals surface area contributed by atoms with E-state index in [1.807, 2.05) is 24.1 Å². The van der Waals surface area contributed by atoms with E-state index in [1.165, 1.54) is 5.56 Å². The number of aromatic nitrogens is 2. The molecule has 2 rings (SSSR count). The predicted molar refractivity (Wildman–Crippen MR) is 52.4 cm³/mol. The van der Waals surface area contributed by atoms with Crippen molar-refractivity contribution in [1.29, 1.82) is 0 Å². The van der Waals surface area contributed by atoms with Crippen LogP contribution < -0.4 is 5.43 Å². The molecule has 0 atom stereocenters. The SMILES string of the molecule is Cn1cc(CNN2CCOCC2)cn1. The van der Waals surface area contributed by atoms with Gasteiger partial charge in [-0.2, -0.15) is 5.10 Å². The molecule has 0 unspecified atom stereocenters. The first-order valence-corrected chi connectivity index (χ1v) is 4.88. The van der Waals surface area contributed by atoms with Crippen LogP contribution in [-0.4, -0.2) is 41.1 Å². The van der Waals surface area contributed by atoms with E-state index in [0.29, 0.717) is 0 Å².